The highest BCUT2D eigenvalue weighted by atomic mass is 19.4. The number of alkyl halides is 3. The molecular formula is C14H15F3O2. The van der Waals surface area contributed by atoms with Crippen molar-refractivity contribution in [1.82, 2.24) is 0 Å². The summed E-state index contributed by atoms with van der Waals surface area (Å²) >= 11 is 0. The second kappa shape index (κ2) is 5.74. The first-order valence-corrected chi connectivity index (χ1v) is 6.29. The molecule has 104 valence electrons. The van der Waals surface area contributed by atoms with Gasteiger partial charge in [0.15, 0.2) is 5.78 Å². The first kappa shape index (κ1) is 14.1. The van der Waals surface area contributed by atoms with Gasteiger partial charge in [-0.25, -0.2) is 0 Å². The van der Waals surface area contributed by atoms with Gasteiger partial charge >= 0.3 is 6.18 Å². The number of benzene rings is 1. The van der Waals surface area contributed by atoms with E-state index < -0.39 is 11.7 Å². The van der Waals surface area contributed by atoms with E-state index in [1.165, 1.54) is 12.1 Å². The van der Waals surface area contributed by atoms with Gasteiger partial charge < -0.3 is 4.74 Å². The number of hydrogen-bond acceptors (Lipinski definition) is 2. The Kier molecular flexibility index (Phi) is 4.24. The van der Waals surface area contributed by atoms with Crippen LogP contribution >= 0.6 is 0 Å². The average molecular weight is 272 g/mol. The van der Waals surface area contributed by atoms with E-state index in [0.29, 0.717) is 12.2 Å². The Bertz CT molecular complexity index is 431. The number of halogens is 3. The van der Waals surface area contributed by atoms with Crippen LogP contribution in [-0.2, 0) is 10.9 Å². The molecule has 0 N–H and O–H groups in total. The van der Waals surface area contributed by atoms with E-state index in [1.807, 2.05) is 0 Å². The SMILES string of the molecule is O=C(C[C@H]1CCCCO1)c1ccc(C(F)(F)F)cc1. The maximum absolute atomic E-state index is 12.4. The summed E-state index contributed by atoms with van der Waals surface area (Å²) in [6.07, 6.45) is -1.34. The molecule has 5 heteroatoms. The molecule has 1 heterocycles. The predicted octanol–water partition coefficient (Wildman–Crippen LogP) is 3.85. The van der Waals surface area contributed by atoms with E-state index in [2.05, 4.69) is 0 Å². The van der Waals surface area contributed by atoms with Gasteiger partial charge in [-0.15, -0.1) is 0 Å². The summed E-state index contributed by atoms with van der Waals surface area (Å²) in [6.45, 7) is 0.658. The zero-order valence-corrected chi connectivity index (χ0v) is 10.4. The lowest BCUT2D eigenvalue weighted by Crippen LogP contribution is -2.22. The fourth-order valence-electron chi connectivity index (χ4n) is 2.14. The second-order valence-corrected chi connectivity index (χ2v) is 4.69. The lowest BCUT2D eigenvalue weighted by Gasteiger charge is -2.21. The van der Waals surface area contributed by atoms with Crippen LogP contribution in [0.4, 0.5) is 13.2 Å². The van der Waals surface area contributed by atoms with Crippen molar-refractivity contribution < 1.29 is 22.7 Å². The van der Waals surface area contributed by atoms with Crippen molar-refractivity contribution in [1.29, 1.82) is 0 Å². The first-order chi connectivity index (χ1) is 8.97. The minimum Gasteiger partial charge on any atom is -0.378 e. The van der Waals surface area contributed by atoms with Gasteiger partial charge in [0.1, 0.15) is 0 Å². The van der Waals surface area contributed by atoms with E-state index >= 15 is 0 Å². The Morgan fingerprint density at radius 1 is 1.21 bits per heavy atom. The summed E-state index contributed by atoms with van der Waals surface area (Å²) in [5.41, 5.74) is -0.430. The van der Waals surface area contributed by atoms with Crippen molar-refractivity contribution in [2.75, 3.05) is 6.61 Å². The molecule has 1 aliphatic heterocycles. The highest BCUT2D eigenvalue weighted by Crippen LogP contribution is 2.29. The molecule has 0 aliphatic carbocycles. The van der Waals surface area contributed by atoms with Gasteiger partial charge in [0.25, 0.3) is 0 Å². The van der Waals surface area contributed by atoms with Gasteiger partial charge in [0.05, 0.1) is 11.7 Å². The number of ether oxygens (including phenoxy) is 1. The summed E-state index contributed by atoms with van der Waals surface area (Å²) in [4.78, 5) is 11.9. The second-order valence-electron chi connectivity index (χ2n) is 4.69. The van der Waals surface area contributed by atoms with Crippen LogP contribution in [0.2, 0.25) is 0 Å². The van der Waals surface area contributed by atoms with E-state index in [0.717, 1.165) is 31.4 Å². The van der Waals surface area contributed by atoms with Crippen LogP contribution in [-0.4, -0.2) is 18.5 Å². The molecule has 2 nitrogen and oxygen atoms in total. The normalized spacial score (nSPS) is 20.3. The zero-order chi connectivity index (χ0) is 13.9. The molecule has 19 heavy (non-hydrogen) atoms. The number of carbonyl (C=O) groups is 1. The molecule has 0 amide bonds. The Hall–Kier alpha value is -1.36. The molecule has 0 saturated carbocycles. The smallest absolute Gasteiger partial charge is 0.378 e. The summed E-state index contributed by atoms with van der Waals surface area (Å²) in [5.74, 6) is -0.166. The fourth-order valence-corrected chi connectivity index (χ4v) is 2.14. The monoisotopic (exact) mass is 272 g/mol. The molecule has 1 atom stereocenters. The Labute approximate surface area is 109 Å². The zero-order valence-electron chi connectivity index (χ0n) is 10.4. The van der Waals surface area contributed by atoms with Crippen LogP contribution < -0.4 is 0 Å². The predicted molar refractivity (Wildman–Crippen MR) is 64.0 cm³/mol. The number of ketones is 1. The molecule has 1 fully saturated rings. The minimum atomic E-state index is -4.37. The van der Waals surface area contributed by atoms with E-state index in [4.69, 9.17) is 4.74 Å². The molecule has 1 saturated heterocycles. The van der Waals surface area contributed by atoms with Crippen LogP contribution in [0.5, 0.6) is 0 Å². The molecule has 0 radical (unpaired) electrons. The lowest BCUT2D eigenvalue weighted by molar-refractivity contribution is -0.137. The molecule has 1 aromatic rings. The van der Waals surface area contributed by atoms with Gasteiger partial charge in [0.2, 0.25) is 0 Å². The first-order valence-electron chi connectivity index (χ1n) is 6.29. The third kappa shape index (κ3) is 3.80. The number of Topliss-reactive ketones (excluding diaryl/α,β-unsaturated/α-hetero) is 1. The van der Waals surface area contributed by atoms with E-state index in [9.17, 15) is 18.0 Å². The molecular weight excluding hydrogens is 257 g/mol. The highest BCUT2D eigenvalue weighted by molar-refractivity contribution is 5.96. The van der Waals surface area contributed by atoms with Crippen LogP contribution in [0.15, 0.2) is 24.3 Å². The molecule has 2 rings (SSSR count). The largest absolute Gasteiger partial charge is 0.416 e. The van der Waals surface area contributed by atoms with E-state index in [1.54, 1.807) is 0 Å². The third-order valence-corrected chi connectivity index (χ3v) is 3.22. The van der Waals surface area contributed by atoms with Crippen LogP contribution in [0, 0.1) is 0 Å². The minimum absolute atomic E-state index is 0.0939. The van der Waals surface area contributed by atoms with Gasteiger partial charge in [-0.05, 0) is 31.4 Å². The number of rotatable bonds is 3. The topological polar surface area (TPSA) is 26.3 Å². The van der Waals surface area contributed by atoms with Crippen LogP contribution in [0.1, 0.15) is 41.6 Å². The molecule has 1 aliphatic rings. The van der Waals surface area contributed by atoms with E-state index in [-0.39, 0.29) is 18.3 Å². The van der Waals surface area contributed by atoms with Gasteiger partial charge in [-0.2, -0.15) is 13.2 Å². The highest BCUT2D eigenvalue weighted by Gasteiger charge is 2.30. The van der Waals surface area contributed by atoms with Crippen molar-refractivity contribution in [3.8, 4) is 0 Å². The molecule has 0 unspecified atom stereocenters. The molecule has 0 aromatic heterocycles. The molecule has 1 aromatic carbocycles. The Balaban J connectivity index is 1.99. The fraction of sp³-hybridized carbons (Fsp3) is 0.500. The van der Waals surface area contributed by atoms with Crippen molar-refractivity contribution in [3.63, 3.8) is 0 Å². The molecule has 0 bridgehead atoms. The van der Waals surface area contributed by atoms with Crippen molar-refractivity contribution in [2.24, 2.45) is 0 Å². The van der Waals surface area contributed by atoms with Gasteiger partial charge in [0, 0.05) is 18.6 Å². The number of carbonyl (C=O) groups excluding carboxylic acids is 1. The summed E-state index contributed by atoms with van der Waals surface area (Å²) in [7, 11) is 0. The van der Waals surface area contributed by atoms with Crippen molar-refractivity contribution in [3.05, 3.63) is 35.4 Å². The average Bonchev–Trinajstić information content (AvgIpc) is 2.39. The maximum atomic E-state index is 12.4. The molecule has 0 spiro atoms. The Morgan fingerprint density at radius 2 is 1.89 bits per heavy atom. The quantitative estimate of drug-likeness (QED) is 0.781. The van der Waals surface area contributed by atoms with Gasteiger partial charge in [-0.3, -0.25) is 4.79 Å². The van der Waals surface area contributed by atoms with Crippen molar-refractivity contribution in [2.45, 2.75) is 38.0 Å². The standard InChI is InChI=1S/C14H15F3O2/c15-14(16,17)11-6-4-10(5-7-11)13(18)9-12-3-1-2-8-19-12/h4-7,12H,1-3,8-9H2/t12-/m1/s1. The summed E-state index contributed by atoms with van der Waals surface area (Å²) in [5, 5.41) is 0. The third-order valence-electron chi connectivity index (χ3n) is 3.22. The van der Waals surface area contributed by atoms with Crippen LogP contribution in [0.3, 0.4) is 0 Å². The summed E-state index contributed by atoms with van der Waals surface area (Å²) in [6, 6.07) is 4.34. The van der Waals surface area contributed by atoms with Gasteiger partial charge in [-0.1, -0.05) is 12.1 Å². The van der Waals surface area contributed by atoms with Crippen LogP contribution in [0.25, 0.3) is 0 Å². The van der Waals surface area contributed by atoms with Crippen molar-refractivity contribution >= 4 is 5.78 Å². The Morgan fingerprint density at radius 3 is 2.42 bits per heavy atom. The maximum Gasteiger partial charge on any atom is 0.416 e. The number of hydrogen-bond donors (Lipinski definition) is 0. The lowest BCUT2D eigenvalue weighted by atomic mass is 9.99. The summed E-state index contributed by atoms with van der Waals surface area (Å²) < 4.78 is 42.6.